The Bertz CT molecular complexity index is 850. The predicted molar refractivity (Wildman–Crippen MR) is 109 cm³/mol. The first kappa shape index (κ1) is 20.4. The number of nitrogens with one attached hydrogen (secondary N) is 2. The number of carbonyl (C=O) groups is 2. The molecule has 0 spiro atoms. The van der Waals surface area contributed by atoms with E-state index in [1.165, 1.54) is 6.07 Å². The molecule has 3 N–H and O–H groups in total. The lowest BCUT2D eigenvalue weighted by atomic mass is 10.1. The SMILES string of the molecule is CC[C@H](C)Oc1ccc(C(=O)NC(=S)Nc2cccc(C(=O)O)c2C)cc1. The van der Waals surface area contributed by atoms with E-state index in [0.717, 1.165) is 6.42 Å². The van der Waals surface area contributed by atoms with Gasteiger partial charge in [-0.15, -0.1) is 0 Å². The van der Waals surface area contributed by atoms with Crippen molar-refractivity contribution in [2.75, 3.05) is 5.32 Å². The van der Waals surface area contributed by atoms with Crippen molar-refractivity contribution in [3.8, 4) is 5.75 Å². The Morgan fingerprint density at radius 2 is 1.85 bits per heavy atom. The van der Waals surface area contributed by atoms with Crippen LogP contribution in [0.5, 0.6) is 5.75 Å². The maximum atomic E-state index is 12.3. The van der Waals surface area contributed by atoms with Gasteiger partial charge in [-0.25, -0.2) is 4.79 Å². The molecule has 27 heavy (non-hydrogen) atoms. The van der Waals surface area contributed by atoms with Gasteiger partial charge in [-0.2, -0.15) is 0 Å². The van der Waals surface area contributed by atoms with Gasteiger partial charge in [0.05, 0.1) is 11.7 Å². The van der Waals surface area contributed by atoms with Crippen LogP contribution in [0.2, 0.25) is 0 Å². The summed E-state index contributed by atoms with van der Waals surface area (Å²) in [5.41, 5.74) is 1.67. The van der Waals surface area contributed by atoms with Crippen molar-refractivity contribution in [2.45, 2.75) is 33.3 Å². The molecular formula is C20H22N2O4S. The number of anilines is 1. The van der Waals surface area contributed by atoms with E-state index in [9.17, 15) is 14.7 Å². The first-order valence-corrected chi connectivity index (χ1v) is 8.94. The van der Waals surface area contributed by atoms with Crippen molar-refractivity contribution in [1.29, 1.82) is 0 Å². The molecule has 0 aliphatic heterocycles. The molecule has 2 aromatic carbocycles. The number of amides is 1. The third kappa shape index (κ3) is 5.52. The average molecular weight is 386 g/mol. The van der Waals surface area contributed by atoms with E-state index in [0.29, 0.717) is 22.6 Å². The van der Waals surface area contributed by atoms with Gasteiger partial charge in [0.15, 0.2) is 5.11 Å². The topological polar surface area (TPSA) is 87.7 Å². The normalized spacial score (nSPS) is 11.4. The summed E-state index contributed by atoms with van der Waals surface area (Å²) < 4.78 is 5.68. The third-order valence-electron chi connectivity index (χ3n) is 4.07. The molecule has 1 amide bonds. The summed E-state index contributed by atoms with van der Waals surface area (Å²) in [4.78, 5) is 23.5. The van der Waals surface area contributed by atoms with Crippen LogP contribution in [0.1, 0.15) is 46.5 Å². The fraction of sp³-hybridized carbons (Fsp3) is 0.250. The molecule has 0 saturated carbocycles. The maximum absolute atomic E-state index is 12.3. The highest BCUT2D eigenvalue weighted by Gasteiger charge is 2.13. The van der Waals surface area contributed by atoms with Gasteiger partial charge in [0.25, 0.3) is 5.91 Å². The second kappa shape index (κ2) is 9.14. The standard InChI is InChI=1S/C20H22N2O4S/c1-4-12(2)26-15-10-8-14(9-11-15)18(23)22-20(27)21-17-7-5-6-16(13(17)3)19(24)25/h5-12H,4H2,1-3H3,(H,24,25)(H2,21,22,23,27)/t12-/m0/s1. The summed E-state index contributed by atoms with van der Waals surface area (Å²) >= 11 is 5.16. The van der Waals surface area contributed by atoms with Crippen molar-refractivity contribution in [2.24, 2.45) is 0 Å². The molecule has 0 aliphatic carbocycles. The van der Waals surface area contributed by atoms with Gasteiger partial charge in [-0.3, -0.25) is 10.1 Å². The zero-order valence-corrected chi connectivity index (χ0v) is 16.2. The number of hydrogen-bond acceptors (Lipinski definition) is 4. The van der Waals surface area contributed by atoms with Crippen LogP contribution in [0.4, 0.5) is 5.69 Å². The molecule has 0 heterocycles. The second-order valence-electron chi connectivity index (χ2n) is 6.05. The molecule has 0 unspecified atom stereocenters. The number of carboxylic acid groups (broad SMARTS) is 1. The third-order valence-corrected chi connectivity index (χ3v) is 4.27. The predicted octanol–water partition coefficient (Wildman–Crippen LogP) is 4.00. The summed E-state index contributed by atoms with van der Waals surface area (Å²) in [6.07, 6.45) is 0.997. The van der Waals surface area contributed by atoms with Crippen molar-refractivity contribution in [3.63, 3.8) is 0 Å². The molecule has 7 heteroatoms. The van der Waals surface area contributed by atoms with Crippen LogP contribution >= 0.6 is 12.2 Å². The number of benzene rings is 2. The highest BCUT2D eigenvalue weighted by atomic mass is 32.1. The monoisotopic (exact) mass is 386 g/mol. The minimum absolute atomic E-state index is 0.0885. The summed E-state index contributed by atoms with van der Waals surface area (Å²) in [6.45, 7) is 5.69. The lowest BCUT2D eigenvalue weighted by Crippen LogP contribution is -2.34. The van der Waals surface area contributed by atoms with E-state index in [-0.39, 0.29) is 22.7 Å². The average Bonchev–Trinajstić information content (AvgIpc) is 2.63. The zero-order valence-electron chi connectivity index (χ0n) is 15.4. The van der Waals surface area contributed by atoms with Gasteiger partial charge in [-0.05, 0) is 74.4 Å². The van der Waals surface area contributed by atoms with Crippen molar-refractivity contribution < 1.29 is 19.4 Å². The molecule has 2 aromatic rings. The van der Waals surface area contributed by atoms with Crippen LogP contribution in [0, 0.1) is 6.92 Å². The molecule has 0 radical (unpaired) electrons. The van der Waals surface area contributed by atoms with Crippen molar-refractivity contribution in [3.05, 3.63) is 59.2 Å². The van der Waals surface area contributed by atoms with Gasteiger partial charge < -0.3 is 15.2 Å². The Morgan fingerprint density at radius 1 is 1.19 bits per heavy atom. The van der Waals surface area contributed by atoms with Crippen molar-refractivity contribution >= 4 is 34.9 Å². The number of thiocarbonyl (C=S) groups is 1. The number of carboxylic acids is 1. The Labute approximate surface area is 163 Å². The zero-order chi connectivity index (χ0) is 20.0. The lowest BCUT2D eigenvalue weighted by Gasteiger charge is -2.14. The van der Waals surface area contributed by atoms with Gasteiger partial charge in [-0.1, -0.05) is 13.0 Å². The summed E-state index contributed by atoms with van der Waals surface area (Å²) in [7, 11) is 0. The second-order valence-corrected chi connectivity index (χ2v) is 6.46. The summed E-state index contributed by atoms with van der Waals surface area (Å²) in [6, 6.07) is 11.6. The first-order chi connectivity index (χ1) is 12.8. The first-order valence-electron chi connectivity index (χ1n) is 8.53. The van der Waals surface area contributed by atoms with Crippen LogP contribution in [0.15, 0.2) is 42.5 Å². The smallest absolute Gasteiger partial charge is 0.336 e. The number of hydrogen-bond donors (Lipinski definition) is 3. The van der Waals surface area contributed by atoms with E-state index in [2.05, 4.69) is 10.6 Å². The number of ether oxygens (including phenoxy) is 1. The molecule has 0 aliphatic rings. The molecule has 0 bridgehead atoms. The Hall–Kier alpha value is -2.93. The minimum atomic E-state index is -1.02. The lowest BCUT2D eigenvalue weighted by molar-refractivity contribution is 0.0696. The molecule has 1 atom stereocenters. The van der Waals surface area contributed by atoms with Gasteiger partial charge in [0.1, 0.15) is 5.75 Å². The highest BCUT2D eigenvalue weighted by Crippen LogP contribution is 2.19. The largest absolute Gasteiger partial charge is 0.491 e. The molecule has 6 nitrogen and oxygen atoms in total. The van der Waals surface area contributed by atoms with E-state index < -0.39 is 5.97 Å². The van der Waals surface area contributed by atoms with E-state index >= 15 is 0 Å². The van der Waals surface area contributed by atoms with Gasteiger partial charge in [0.2, 0.25) is 0 Å². The van der Waals surface area contributed by atoms with Crippen LogP contribution in [-0.4, -0.2) is 28.2 Å². The molecule has 142 valence electrons. The summed E-state index contributed by atoms with van der Waals surface area (Å²) in [5, 5.41) is 14.7. The van der Waals surface area contributed by atoms with Gasteiger partial charge in [0, 0.05) is 11.3 Å². The summed E-state index contributed by atoms with van der Waals surface area (Å²) in [5.74, 6) is -0.692. The maximum Gasteiger partial charge on any atom is 0.336 e. The van der Waals surface area contributed by atoms with Crippen LogP contribution in [0.25, 0.3) is 0 Å². The number of aromatic carboxylic acids is 1. The molecular weight excluding hydrogens is 364 g/mol. The number of carbonyl (C=O) groups excluding carboxylic acids is 1. The fourth-order valence-electron chi connectivity index (χ4n) is 2.33. The van der Waals surface area contributed by atoms with E-state index in [4.69, 9.17) is 17.0 Å². The molecule has 2 rings (SSSR count). The van der Waals surface area contributed by atoms with Gasteiger partial charge >= 0.3 is 5.97 Å². The highest BCUT2D eigenvalue weighted by molar-refractivity contribution is 7.80. The van der Waals surface area contributed by atoms with Crippen molar-refractivity contribution in [1.82, 2.24) is 5.32 Å². The van der Waals surface area contributed by atoms with E-state index in [1.54, 1.807) is 43.3 Å². The number of rotatable bonds is 6. The molecule has 0 fully saturated rings. The van der Waals surface area contributed by atoms with E-state index in [1.807, 2.05) is 13.8 Å². The Balaban J connectivity index is 2.01. The fourth-order valence-corrected chi connectivity index (χ4v) is 2.53. The quantitative estimate of drug-likeness (QED) is 0.651. The van der Waals surface area contributed by atoms with Crippen LogP contribution in [-0.2, 0) is 0 Å². The molecule has 0 saturated heterocycles. The Kier molecular flexibility index (Phi) is 6.90. The minimum Gasteiger partial charge on any atom is -0.491 e. The van der Waals surface area contributed by atoms with Crippen LogP contribution < -0.4 is 15.4 Å². The Morgan fingerprint density at radius 3 is 2.44 bits per heavy atom. The van der Waals surface area contributed by atoms with Crippen LogP contribution in [0.3, 0.4) is 0 Å². The molecule has 0 aromatic heterocycles.